The molecule has 0 atom stereocenters. The minimum atomic E-state index is -3.93. The van der Waals surface area contributed by atoms with Crippen LogP contribution >= 0.6 is 0 Å². The van der Waals surface area contributed by atoms with Crippen LogP contribution in [0.25, 0.3) is 0 Å². The van der Waals surface area contributed by atoms with E-state index in [0.717, 1.165) is 28.5 Å². The Kier molecular flexibility index (Phi) is 8.92. The molecule has 4 rings (SSSR count). The van der Waals surface area contributed by atoms with Gasteiger partial charge in [0.2, 0.25) is 5.91 Å². The van der Waals surface area contributed by atoms with E-state index in [9.17, 15) is 18.0 Å². The van der Waals surface area contributed by atoms with Gasteiger partial charge in [0.25, 0.3) is 15.9 Å². The first-order valence-corrected chi connectivity index (χ1v) is 14.7. The number of ether oxygens (including phenoxy) is 1. The molecular weight excluding hydrogens is 544 g/mol. The van der Waals surface area contributed by atoms with Crippen molar-refractivity contribution in [2.75, 3.05) is 42.8 Å². The van der Waals surface area contributed by atoms with Crippen molar-refractivity contribution >= 4 is 50.3 Å². The Hall–Kier alpha value is -4.45. The second-order valence-electron chi connectivity index (χ2n) is 9.42. The number of nitrogens with one attached hydrogen (secondary N) is 2. The first kappa shape index (κ1) is 29.5. The van der Waals surface area contributed by atoms with Crippen LogP contribution in [0, 0.1) is 0 Å². The number of rotatable bonds is 11. The minimum Gasteiger partial charge on any atom is -0.494 e. The van der Waals surface area contributed by atoms with Crippen molar-refractivity contribution in [2.45, 2.75) is 38.6 Å². The van der Waals surface area contributed by atoms with Crippen molar-refractivity contribution in [2.24, 2.45) is 10.2 Å². The highest BCUT2D eigenvalue weighted by atomic mass is 32.2. The van der Waals surface area contributed by atoms with Crippen molar-refractivity contribution in [3.63, 3.8) is 0 Å². The third-order valence-electron chi connectivity index (χ3n) is 6.60. The minimum absolute atomic E-state index is 0.0210. The fourth-order valence-corrected chi connectivity index (χ4v) is 6.30. The van der Waals surface area contributed by atoms with Gasteiger partial charge in [0.1, 0.15) is 22.0 Å². The van der Waals surface area contributed by atoms with Gasteiger partial charge in [0.15, 0.2) is 0 Å². The monoisotopic (exact) mass is 578 g/mol. The molecule has 12 heteroatoms. The fraction of sp³-hybridized carbons (Fsp3) is 0.310. The van der Waals surface area contributed by atoms with Gasteiger partial charge in [-0.3, -0.25) is 9.59 Å². The average molecular weight is 579 g/mol. The Morgan fingerprint density at radius 2 is 1.71 bits per heavy atom. The second kappa shape index (κ2) is 12.4. The van der Waals surface area contributed by atoms with Crippen LogP contribution in [-0.4, -0.2) is 51.8 Å². The number of carbonyl (C=O) groups is 2. The van der Waals surface area contributed by atoms with Gasteiger partial charge >= 0.3 is 0 Å². The van der Waals surface area contributed by atoms with Crippen LogP contribution in [0.4, 0.5) is 28.4 Å². The summed E-state index contributed by atoms with van der Waals surface area (Å²) in [5.74, 6) is -0.354. The van der Waals surface area contributed by atoms with E-state index in [4.69, 9.17) is 4.74 Å². The molecule has 0 aliphatic carbocycles. The van der Waals surface area contributed by atoms with Crippen LogP contribution in [0.1, 0.15) is 43.1 Å². The van der Waals surface area contributed by atoms with Gasteiger partial charge in [-0.1, -0.05) is 37.3 Å². The summed E-state index contributed by atoms with van der Waals surface area (Å²) in [5.41, 5.74) is 3.34. The van der Waals surface area contributed by atoms with Gasteiger partial charge in [0, 0.05) is 39.7 Å². The van der Waals surface area contributed by atoms with E-state index >= 15 is 0 Å². The number of sulfonamides is 1. The van der Waals surface area contributed by atoms with E-state index in [0.29, 0.717) is 29.4 Å². The van der Waals surface area contributed by atoms with Crippen molar-refractivity contribution < 1.29 is 22.7 Å². The highest BCUT2D eigenvalue weighted by Crippen LogP contribution is 2.42. The summed E-state index contributed by atoms with van der Waals surface area (Å²) in [6, 6.07) is 16.4. The van der Waals surface area contributed by atoms with Crippen molar-refractivity contribution in [1.29, 1.82) is 0 Å². The Morgan fingerprint density at radius 3 is 2.29 bits per heavy atom. The molecule has 0 aromatic heterocycles. The van der Waals surface area contributed by atoms with E-state index in [1.165, 1.54) is 19.1 Å². The molecule has 1 heterocycles. The van der Waals surface area contributed by atoms with Crippen molar-refractivity contribution in [3.05, 3.63) is 65.7 Å². The molecule has 216 valence electrons. The summed E-state index contributed by atoms with van der Waals surface area (Å²) in [4.78, 5) is 27.0. The standard InChI is InChI=1S/C29H34N6O5S/c1-6-13-34(18-20-11-9-8-10-12-20)26-15-23(31-19(3)36)25(16-27(26)40-5)33-32-24-14-21-28(17-22(24)30-4)41(38,39)35(7-2)29(21)37/h8-12,14-17,30H,6-7,13,18H2,1-5H3,(H,31,36). The topological polar surface area (TPSA) is 133 Å². The van der Waals surface area contributed by atoms with Gasteiger partial charge in [-0.25, -0.2) is 12.7 Å². The van der Waals surface area contributed by atoms with Crippen LogP contribution in [0.2, 0.25) is 0 Å². The summed E-state index contributed by atoms with van der Waals surface area (Å²) in [5, 5.41) is 14.5. The fourth-order valence-electron chi connectivity index (χ4n) is 4.71. The molecule has 11 nitrogen and oxygen atoms in total. The molecule has 2 amide bonds. The highest BCUT2D eigenvalue weighted by molar-refractivity contribution is 7.90. The van der Waals surface area contributed by atoms with Crippen LogP contribution in [0.3, 0.4) is 0 Å². The number of azo groups is 1. The SMILES string of the molecule is CCCN(Cc1ccccc1)c1cc(NC(C)=O)c(N=Nc2cc3c(cc2NC)S(=O)(=O)N(CC)C3=O)cc1OC. The van der Waals surface area contributed by atoms with Crippen LogP contribution < -0.4 is 20.3 Å². The zero-order valence-electron chi connectivity index (χ0n) is 23.8. The van der Waals surface area contributed by atoms with Gasteiger partial charge in [-0.05, 0) is 37.1 Å². The molecule has 0 saturated heterocycles. The van der Waals surface area contributed by atoms with Gasteiger partial charge < -0.3 is 20.3 Å². The Labute approximate surface area is 240 Å². The maximum Gasteiger partial charge on any atom is 0.269 e. The average Bonchev–Trinajstić information content (AvgIpc) is 3.14. The molecular formula is C29H34N6O5S. The number of carbonyl (C=O) groups excluding carboxylic acids is 2. The molecule has 3 aromatic carbocycles. The molecule has 2 N–H and O–H groups in total. The third kappa shape index (κ3) is 6.02. The molecule has 1 aliphatic heterocycles. The van der Waals surface area contributed by atoms with Crippen LogP contribution in [0.5, 0.6) is 5.75 Å². The van der Waals surface area contributed by atoms with Crippen LogP contribution in [-0.2, 0) is 21.4 Å². The van der Waals surface area contributed by atoms with E-state index in [-0.39, 0.29) is 28.6 Å². The van der Waals surface area contributed by atoms with Gasteiger partial charge in [-0.2, -0.15) is 0 Å². The number of amides is 2. The van der Waals surface area contributed by atoms with Crippen molar-refractivity contribution in [3.8, 4) is 5.75 Å². The second-order valence-corrected chi connectivity index (χ2v) is 11.3. The zero-order valence-corrected chi connectivity index (χ0v) is 24.6. The Bertz CT molecular complexity index is 1590. The lowest BCUT2D eigenvalue weighted by molar-refractivity contribution is -0.114. The lowest BCUT2D eigenvalue weighted by Crippen LogP contribution is -2.29. The van der Waals surface area contributed by atoms with Crippen LogP contribution in [0.15, 0.2) is 69.7 Å². The number of benzene rings is 3. The molecule has 3 aromatic rings. The van der Waals surface area contributed by atoms with E-state index in [1.807, 2.05) is 24.3 Å². The number of hydrogen-bond donors (Lipinski definition) is 2. The quantitative estimate of drug-likeness (QED) is 0.279. The maximum absolute atomic E-state index is 12.8. The molecule has 0 fully saturated rings. The third-order valence-corrected chi connectivity index (χ3v) is 8.50. The smallest absolute Gasteiger partial charge is 0.269 e. The molecule has 1 aliphatic rings. The summed E-state index contributed by atoms with van der Waals surface area (Å²) in [7, 11) is -0.741. The zero-order chi connectivity index (χ0) is 29.7. The first-order chi connectivity index (χ1) is 19.6. The number of fused-ring (bicyclic) bond motifs is 1. The summed E-state index contributed by atoms with van der Waals surface area (Å²) in [6.45, 7) is 6.50. The predicted octanol–water partition coefficient (Wildman–Crippen LogP) is 5.69. The van der Waals surface area contributed by atoms with Crippen molar-refractivity contribution in [1.82, 2.24) is 4.31 Å². The molecule has 0 saturated carbocycles. The molecule has 0 radical (unpaired) electrons. The number of anilines is 3. The lowest BCUT2D eigenvalue weighted by Gasteiger charge is -2.27. The Balaban J connectivity index is 1.79. The summed E-state index contributed by atoms with van der Waals surface area (Å²) >= 11 is 0. The molecule has 0 bridgehead atoms. The van der Waals surface area contributed by atoms with E-state index in [1.54, 1.807) is 27.1 Å². The van der Waals surface area contributed by atoms with Gasteiger partial charge in [-0.15, -0.1) is 10.2 Å². The maximum atomic E-state index is 12.8. The normalized spacial score (nSPS) is 13.8. The predicted molar refractivity (Wildman–Crippen MR) is 159 cm³/mol. The highest BCUT2D eigenvalue weighted by Gasteiger charge is 2.41. The number of nitrogens with zero attached hydrogens (tertiary/aromatic N) is 4. The number of hydrogen-bond acceptors (Lipinski definition) is 9. The molecule has 0 unspecified atom stereocenters. The van der Waals surface area contributed by atoms with Gasteiger partial charge in [0.05, 0.1) is 29.7 Å². The molecule has 41 heavy (non-hydrogen) atoms. The largest absolute Gasteiger partial charge is 0.494 e. The molecule has 0 spiro atoms. The van der Waals surface area contributed by atoms with E-state index < -0.39 is 15.9 Å². The lowest BCUT2D eigenvalue weighted by atomic mass is 10.1. The summed E-state index contributed by atoms with van der Waals surface area (Å²) in [6.07, 6.45) is 0.891. The summed E-state index contributed by atoms with van der Waals surface area (Å²) < 4.78 is 32.2. The van der Waals surface area contributed by atoms with E-state index in [2.05, 4.69) is 44.8 Å². The number of methoxy groups -OCH3 is 1. The Morgan fingerprint density at radius 1 is 1.02 bits per heavy atom. The first-order valence-electron chi connectivity index (χ1n) is 13.3.